The van der Waals surface area contributed by atoms with Gasteiger partial charge in [0.1, 0.15) is 11.6 Å². The topological polar surface area (TPSA) is 24.6 Å². The van der Waals surface area contributed by atoms with E-state index < -0.39 is 12.1 Å². The Labute approximate surface area is 119 Å². The number of hydrogen-bond acceptors (Lipinski definition) is 2. The van der Waals surface area contributed by atoms with E-state index in [2.05, 4.69) is 27.8 Å². The minimum Gasteiger partial charge on any atom is -0.384 e. The molecule has 0 bridgehead atoms. The molecule has 0 atom stereocenters. The number of aliphatic hydroxyl groups excluding tert-OH is 1. The van der Waals surface area contributed by atoms with E-state index in [9.17, 15) is 13.2 Å². The molecule has 0 radical (unpaired) electrons. The number of thioether (sulfide) groups is 1. The number of halogens is 4. The van der Waals surface area contributed by atoms with E-state index in [0.29, 0.717) is 9.99 Å². The van der Waals surface area contributed by atoms with E-state index in [0.717, 1.165) is 0 Å². The van der Waals surface area contributed by atoms with Gasteiger partial charge < -0.3 is 9.51 Å². The Morgan fingerprint density at radius 3 is 2.79 bits per heavy atom. The molecule has 0 spiro atoms. The van der Waals surface area contributed by atoms with Crippen molar-refractivity contribution in [2.75, 3.05) is 6.61 Å². The van der Waals surface area contributed by atoms with Crippen LogP contribution in [0.4, 0.5) is 13.2 Å². The molecule has 1 N–H and O–H groups in total. The van der Waals surface area contributed by atoms with Crippen LogP contribution in [0.25, 0.3) is 5.52 Å². The van der Waals surface area contributed by atoms with Crippen LogP contribution in [0.2, 0.25) is 0 Å². The number of fused-ring (bicyclic) bond motifs is 1. The number of aliphatic hydroxyl groups is 1. The van der Waals surface area contributed by atoms with Gasteiger partial charge in [-0.15, -0.1) is 0 Å². The molecule has 0 aliphatic carbocycles. The van der Waals surface area contributed by atoms with Crippen molar-refractivity contribution in [2.24, 2.45) is 0 Å². The SMILES string of the molecule is OCC#Cc1cc2c(Br)cccn2c1SC(F)(F)F. The predicted molar refractivity (Wildman–Crippen MR) is 71.0 cm³/mol. The van der Waals surface area contributed by atoms with E-state index in [-0.39, 0.29) is 22.4 Å². The Morgan fingerprint density at radius 1 is 1.42 bits per heavy atom. The molecule has 0 saturated heterocycles. The number of hydrogen-bond donors (Lipinski definition) is 1. The van der Waals surface area contributed by atoms with Crippen molar-refractivity contribution in [3.63, 3.8) is 0 Å². The molecule has 2 nitrogen and oxygen atoms in total. The van der Waals surface area contributed by atoms with Crippen LogP contribution in [0.1, 0.15) is 5.56 Å². The molecule has 0 fully saturated rings. The molecule has 2 heterocycles. The van der Waals surface area contributed by atoms with Gasteiger partial charge in [0.15, 0.2) is 0 Å². The van der Waals surface area contributed by atoms with E-state index in [1.54, 1.807) is 18.2 Å². The maximum absolute atomic E-state index is 12.6. The number of nitrogens with zero attached hydrogens (tertiary/aromatic N) is 1. The van der Waals surface area contributed by atoms with Crippen molar-refractivity contribution < 1.29 is 18.3 Å². The molecule has 0 saturated carbocycles. The lowest BCUT2D eigenvalue weighted by Gasteiger charge is -2.07. The molecule has 100 valence electrons. The predicted octanol–water partition coefficient (Wildman–Crippen LogP) is 3.66. The first-order valence-corrected chi connectivity index (χ1v) is 6.68. The van der Waals surface area contributed by atoms with Gasteiger partial charge in [-0.3, -0.25) is 0 Å². The summed E-state index contributed by atoms with van der Waals surface area (Å²) in [5, 5.41) is 8.65. The smallest absolute Gasteiger partial charge is 0.384 e. The second-order valence-corrected chi connectivity index (χ2v) is 5.39. The van der Waals surface area contributed by atoms with Crippen molar-refractivity contribution in [1.29, 1.82) is 0 Å². The summed E-state index contributed by atoms with van der Waals surface area (Å²) in [6.45, 7) is -0.399. The fourth-order valence-electron chi connectivity index (χ4n) is 1.58. The van der Waals surface area contributed by atoms with Crippen LogP contribution in [0, 0.1) is 11.8 Å². The third-order valence-corrected chi connectivity index (χ3v) is 3.74. The third-order valence-electron chi connectivity index (χ3n) is 2.23. The Balaban J connectivity index is 2.65. The molecule has 2 rings (SSSR count). The lowest BCUT2D eigenvalue weighted by atomic mass is 10.3. The normalized spacial score (nSPS) is 11.4. The highest BCUT2D eigenvalue weighted by molar-refractivity contribution is 9.10. The summed E-state index contributed by atoms with van der Waals surface area (Å²) in [7, 11) is 0. The molecular formula is C12H7BrF3NOS. The monoisotopic (exact) mass is 349 g/mol. The Bertz CT molecular complexity index is 669. The van der Waals surface area contributed by atoms with Crippen molar-refractivity contribution in [2.45, 2.75) is 10.5 Å². The molecule has 19 heavy (non-hydrogen) atoms. The van der Waals surface area contributed by atoms with Crippen molar-refractivity contribution >= 4 is 33.2 Å². The first kappa shape index (κ1) is 14.3. The zero-order valence-corrected chi connectivity index (χ0v) is 11.7. The van der Waals surface area contributed by atoms with Crippen LogP contribution in [0.5, 0.6) is 0 Å². The summed E-state index contributed by atoms with van der Waals surface area (Å²) >= 11 is 3.06. The average molecular weight is 350 g/mol. The minimum absolute atomic E-state index is 0.00949. The molecule has 0 aliphatic rings. The zero-order chi connectivity index (χ0) is 14.0. The first-order chi connectivity index (χ1) is 8.92. The molecular weight excluding hydrogens is 343 g/mol. The van der Waals surface area contributed by atoms with Crippen molar-refractivity contribution in [1.82, 2.24) is 4.40 Å². The summed E-state index contributed by atoms with van der Waals surface area (Å²) in [5.74, 6) is 4.91. The number of aromatic nitrogens is 1. The van der Waals surface area contributed by atoms with Gasteiger partial charge in [0, 0.05) is 22.4 Å². The fraction of sp³-hybridized carbons (Fsp3) is 0.167. The first-order valence-electron chi connectivity index (χ1n) is 5.07. The second-order valence-electron chi connectivity index (χ2n) is 3.48. The van der Waals surface area contributed by atoms with E-state index in [1.807, 2.05) is 0 Å². The molecule has 7 heteroatoms. The summed E-state index contributed by atoms with van der Waals surface area (Å²) < 4.78 is 39.9. The van der Waals surface area contributed by atoms with Gasteiger partial charge in [-0.2, -0.15) is 13.2 Å². The van der Waals surface area contributed by atoms with Crippen LogP contribution in [0.3, 0.4) is 0 Å². The van der Waals surface area contributed by atoms with E-state index >= 15 is 0 Å². The Hall–Kier alpha value is -1.10. The van der Waals surface area contributed by atoms with Gasteiger partial charge in [0.2, 0.25) is 0 Å². The molecule has 0 aliphatic heterocycles. The lowest BCUT2D eigenvalue weighted by molar-refractivity contribution is -0.0329. The van der Waals surface area contributed by atoms with Gasteiger partial charge in [-0.1, -0.05) is 11.8 Å². The molecule has 0 unspecified atom stereocenters. The second kappa shape index (κ2) is 5.49. The van der Waals surface area contributed by atoms with Crippen LogP contribution in [-0.2, 0) is 0 Å². The van der Waals surface area contributed by atoms with Crippen LogP contribution >= 0.6 is 27.7 Å². The van der Waals surface area contributed by atoms with E-state index in [1.165, 1.54) is 10.6 Å². The molecule has 2 aromatic heterocycles. The minimum atomic E-state index is -4.40. The molecule has 0 aromatic carbocycles. The fourth-order valence-corrected chi connectivity index (χ4v) is 2.73. The largest absolute Gasteiger partial charge is 0.447 e. The number of alkyl halides is 3. The van der Waals surface area contributed by atoms with Gasteiger partial charge in [0.25, 0.3) is 0 Å². The Morgan fingerprint density at radius 2 is 2.16 bits per heavy atom. The zero-order valence-electron chi connectivity index (χ0n) is 9.33. The standard InChI is InChI=1S/C12H7BrF3NOS/c13-9-4-1-5-17-10(9)7-8(3-2-6-18)11(17)19-12(14,15)16/h1,4-5,7,18H,6H2. The lowest BCUT2D eigenvalue weighted by Crippen LogP contribution is -2.01. The van der Waals surface area contributed by atoms with Crippen molar-refractivity contribution in [3.05, 3.63) is 34.4 Å². The van der Waals surface area contributed by atoms with Crippen LogP contribution in [-0.4, -0.2) is 21.6 Å². The quantitative estimate of drug-likeness (QED) is 0.627. The van der Waals surface area contributed by atoms with Gasteiger partial charge >= 0.3 is 5.51 Å². The van der Waals surface area contributed by atoms with E-state index in [4.69, 9.17) is 5.11 Å². The van der Waals surface area contributed by atoms with Crippen LogP contribution in [0.15, 0.2) is 33.9 Å². The summed E-state index contributed by atoms with van der Waals surface area (Å²) in [4.78, 5) is 0. The summed E-state index contributed by atoms with van der Waals surface area (Å²) in [6.07, 6.45) is 1.54. The number of pyridine rings is 1. The highest BCUT2D eigenvalue weighted by Crippen LogP contribution is 2.40. The summed E-state index contributed by atoms with van der Waals surface area (Å²) in [5.41, 5.74) is -3.56. The van der Waals surface area contributed by atoms with Gasteiger partial charge in [0.05, 0.1) is 11.1 Å². The summed E-state index contributed by atoms with van der Waals surface area (Å²) in [6, 6.07) is 4.93. The van der Waals surface area contributed by atoms with Crippen LogP contribution < -0.4 is 0 Å². The molecule has 0 amide bonds. The third kappa shape index (κ3) is 3.26. The number of rotatable bonds is 1. The van der Waals surface area contributed by atoms with Gasteiger partial charge in [-0.25, -0.2) is 0 Å². The maximum Gasteiger partial charge on any atom is 0.447 e. The average Bonchev–Trinajstić information content (AvgIpc) is 2.65. The van der Waals surface area contributed by atoms with Gasteiger partial charge in [-0.05, 0) is 34.1 Å². The van der Waals surface area contributed by atoms with Crippen molar-refractivity contribution in [3.8, 4) is 11.8 Å². The highest BCUT2D eigenvalue weighted by Gasteiger charge is 2.32. The Kier molecular flexibility index (Phi) is 4.13. The molecule has 2 aromatic rings. The maximum atomic E-state index is 12.6. The highest BCUT2D eigenvalue weighted by atomic mass is 79.9.